The minimum absolute atomic E-state index is 0.149. The van der Waals surface area contributed by atoms with E-state index in [2.05, 4.69) is 31.0 Å². The number of carbonyl (C=O) groups is 1. The minimum atomic E-state index is -0.557. The van der Waals surface area contributed by atoms with Crippen molar-refractivity contribution in [2.24, 2.45) is 0 Å². The lowest BCUT2D eigenvalue weighted by atomic mass is 9.93. The van der Waals surface area contributed by atoms with Crippen LogP contribution in [0.1, 0.15) is 66.2 Å². The molecular weight excluding hydrogens is 264 g/mol. The summed E-state index contributed by atoms with van der Waals surface area (Å²) in [6, 6.07) is 1.11. The number of nitrogens with zero attached hydrogens (tertiary/aromatic N) is 1. The zero-order valence-corrected chi connectivity index (χ0v) is 14.6. The van der Waals surface area contributed by atoms with Crippen LogP contribution in [0.15, 0.2) is 0 Å². The molecule has 0 aromatic rings. The molecule has 1 rings (SSSR count). The molecule has 21 heavy (non-hydrogen) atoms. The van der Waals surface area contributed by atoms with Gasteiger partial charge < -0.3 is 9.64 Å². The van der Waals surface area contributed by atoms with Gasteiger partial charge in [0.25, 0.3) is 0 Å². The Labute approximate surface area is 130 Å². The lowest BCUT2D eigenvalue weighted by Gasteiger charge is -2.30. The van der Waals surface area contributed by atoms with Gasteiger partial charge in [-0.1, -0.05) is 6.92 Å². The first-order valence-electron chi connectivity index (χ1n) is 8.53. The molecule has 1 N–H and O–H groups in total. The molecule has 1 fully saturated rings. The van der Waals surface area contributed by atoms with Crippen molar-refractivity contribution in [3.8, 4) is 0 Å². The van der Waals surface area contributed by atoms with E-state index in [-0.39, 0.29) is 12.0 Å². The number of nitrogens with one attached hydrogen (secondary N) is 1. The van der Waals surface area contributed by atoms with Gasteiger partial charge in [-0.25, -0.2) is 0 Å². The van der Waals surface area contributed by atoms with Gasteiger partial charge in [0.15, 0.2) is 0 Å². The van der Waals surface area contributed by atoms with Crippen LogP contribution in [0.4, 0.5) is 0 Å². The van der Waals surface area contributed by atoms with Crippen LogP contribution in [0.2, 0.25) is 0 Å². The normalized spacial score (nSPS) is 18.0. The zero-order chi connectivity index (χ0) is 15.9. The van der Waals surface area contributed by atoms with Crippen molar-refractivity contribution in [2.75, 3.05) is 20.2 Å². The van der Waals surface area contributed by atoms with Gasteiger partial charge in [-0.15, -0.1) is 0 Å². The number of ether oxygens (including phenoxy) is 1. The fourth-order valence-electron chi connectivity index (χ4n) is 3.09. The third-order valence-corrected chi connectivity index (χ3v) is 4.19. The summed E-state index contributed by atoms with van der Waals surface area (Å²) in [6.07, 6.45) is 7.01. The molecule has 4 heteroatoms. The number of carbonyl (C=O) groups excluding carboxylic acids is 1. The molecule has 1 aliphatic rings. The van der Waals surface area contributed by atoms with E-state index in [0.717, 1.165) is 31.8 Å². The first-order valence-corrected chi connectivity index (χ1v) is 8.53. The second-order valence-electron chi connectivity index (χ2n) is 6.85. The number of hydrogen-bond acceptors (Lipinski definition) is 4. The number of unbranched alkanes of at least 4 members (excludes halogenated alkanes) is 1. The smallest absolute Gasteiger partial charge is 0.325 e. The molecule has 0 aliphatic heterocycles. The maximum Gasteiger partial charge on any atom is 0.325 e. The molecule has 0 radical (unpaired) electrons. The first-order chi connectivity index (χ1) is 9.92. The molecule has 1 unspecified atom stereocenters. The first kappa shape index (κ1) is 18.4. The SMILES string of the molecule is CCCN(CCCCC(C)(NC(C)C)C(=O)OC)C1CC1. The summed E-state index contributed by atoms with van der Waals surface area (Å²) in [5, 5.41) is 3.37. The summed E-state index contributed by atoms with van der Waals surface area (Å²) in [4.78, 5) is 14.6. The molecule has 1 atom stereocenters. The van der Waals surface area contributed by atoms with Gasteiger partial charge in [0.1, 0.15) is 5.54 Å². The maximum atomic E-state index is 12.0. The lowest BCUT2D eigenvalue weighted by Crippen LogP contribution is -2.53. The summed E-state index contributed by atoms with van der Waals surface area (Å²) in [7, 11) is 1.47. The van der Waals surface area contributed by atoms with Crippen LogP contribution < -0.4 is 5.32 Å². The largest absolute Gasteiger partial charge is 0.468 e. The van der Waals surface area contributed by atoms with Crippen molar-refractivity contribution < 1.29 is 9.53 Å². The van der Waals surface area contributed by atoms with E-state index in [1.54, 1.807) is 0 Å². The van der Waals surface area contributed by atoms with E-state index in [1.807, 2.05) is 6.92 Å². The number of esters is 1. The molecule has 1 saturated carbocycles. The van der Waals surface area contributed by atoms with Crippen LogP contribution in [-0.4, -0.2) is 48.7 Å². The van der Waals surface area contributed by atoms with Crippen molar-refractivity contribution in [3.05, 3.63) is 0 Å². The fraction of sp³-hybridized carbons (Fsp3) is 0.941. The van der Waals surface area contributed by atoms with E-state index in [0.29, 0.717) is 0 Å². The topological polar surface area (TPSA) is 41.6 Å². The number of methoxy groups -OCH3 is 1. The molecule has 1 aliphatic carbocycles. The van der Waals surface area contributed by atoms with E-state index in [1.165, 1.54) is 32.9 Å². The van der Waals surface area contributed by atoms with Crippen LogP contribution in [0.25, 0.3) is 0 Å². The zero-order valence-electron chi connectivity index (χ0n) is 14.6. The minimum Gasteiger partial charge on any atom is -0.468 e. The summed E-state index contributed by atoms with van der Waals surface area (Å²) in [5.74, 6) is -0.149. The highest BCUT2D eigenvalue weighted by Crippen LogP contribution is 2.27. The van der Waals surface area contributed by atoms with E-state index in [9.17, 15) is 4.79 Å². The highest BCUT2D eigenvalue weighted by atomic mass is 16.5. The Hall–Kier alpha value is -0.610. The molecule has 0 heterocycles. The second-order valence-corrected chi connectivity index (χ2v) is 6.85. The van der Waals surface area contributed by atoms with Gasteiger partial charge in [0, 0.05) is 12.1 Å². The Kier molecular flexibility index (Phi) is 7.67. The molecule has 0 aromatic heterocycles. The van der Waals surface area contributed by atoms with Gasteiger partial charge in [0.2, 0.25) is 0 Å². The molecule has 4 nitrogen and oxygen atoms in total. The van der Waals surface area contributed by atoms with Crippen molar-refractivity contribution >= 4 is 5.97 Å². The van der Waals surface area contributed by atoms with Crippen molar-refractivity contribution in [3.63, 3.8) is 0 Å². The van der Waals surface area contributed by atoms with Gasteiger partial charge >= 0.3 is 5.97 Å². The highest BCUT2D eigenvalue weighted by Gasteiger charge is 2.34. The molecule has 0 spiro atoms. The lowest BCUT2D eigenvalue weighted by molar-refractivity contribution is -0.148. The maximum absolute atomic E-state index is 12.0. The van der Waals surface area contributed by atoms with Gasteiger partial charge in [-0.3, -0.25) is 10.1 Å². The van der Waals surface area contributed by atoms with Crippen LogP contribution >= 0.6 is 0 Å². The Morgan fingerprint density at radius 1 is 1.33 bits per heavy atom. The standard InChI is InChI=1S/C17H34N2O2/c1-6-12-19(15-9-10-15)13-8-7-11-17(4,16(20)21-5)18-14(2)3/h14-15,18H,6-13H2,1-5H3. The predicted molar refractivity (Wildman–Crippen MR) is 87.4 cm³/mol. The van der Waals surface area contributed by atoms with Gasteiger partial charge in [0.05, 0.1) is 7.11 Å². The second kappa shape index (κ2) is 8.74. The summed E-state index contributed by atoms with van der Waals surface area (Å²) in [5.41, 5.74) is -0.557. The van der Waals surface area contributed by atoms with Crippen LogP contribution in [0, 0.1) is 0 Å². The average Bonchev–Trinajstić information content (AvgIpc) is 3.25. The van der Waals surface area contributed by atoms with E-state index < -0.39 is 5.54 Å². The Morgan fingerprint density at radius 3 is 2.48 bits per heavy atom. The third kappa shape index (κ3) is 6.35. The monoisotopic (exact) mass is 298 g/mol. The number of rotatable bonds is 11. The van der Waals surface area contributed by atoms with Gasteiger partial charge in [-0.2, -0.15) is 0 Å². The Balaban J connectivity index is 2.36. The average molecular weight is 298 g/mol. The van der Waals surface area contributed by atoms with Crippen molar-refractivity contribution in [1.82, 2.24) is 10.2 Å². The summed E-state index contributed by atoms with van der Waals surface area (Å²) < 4.78 is 4.97. The fourth-order valence-corrected chi connectivity index (χ4v) is 3.09. The molecular formula is C17H34N2O2. The molecule has 0 aromatic carbocycles. The van der Waals surface area contributed by atoms with Gasteiger partial charge in [-0.05, 0) is 72.4 Å². The van der Waals surface area contributed by atoms with E-state index in [4.69, 9.17) is 4.74 Å². The third-order valence-electron chi connectivity index (χ3n) is 4.19. The summed E-state index contributed by atoms with van der Waals surface area (Å²) in [6.45, 7) is 10.7. The molecule has 0 amide bonds. The molecule has 0 saturated heterocycles. The quantitative estimate of drug-likeness (QED) is 0.470. The highest BCUT2D eigenvalue weighted by molar-refractivity contribution is 5.80. The Bertz CT molecular complexity index is 316. The molecule has 0 bridgehead atoms. The van der Waals surface area contributed by atoms with E-state index >= 15 is 0 Å². The van der Waals surface area contributed by atoms with Crippen molar-refractivity contribution in [1.29, 1.82) is 0 Å². The Morgan fingerprint density at radius 2 is 2.00 bits per heavy atom. The summed E-state index contributed by atoms with van der Waals surface area (Å²) >= 11 is 0. The predicted octanol–water partition coefficient (Wildman–Crippen LogP) is 2.96. The van der Waals surface area contributed by atoms with Crippen LogP contribution in [-0.2, 0) is 9.53 Å². The molecule has 124 valence electrons. The van der Waals surface area contributed by atoms with Crippen LogP contribution in [0.3, 0.4) is 0 Å². The number of hydrogen-bond donors (Lipinski definition) is 1. The van der Waals surface area contributed by atoms with Crippen molar-refractivity contribution in [2.45, 2.75) is 83.8 Å². The van der Waals surface area contributed by atoms with Crippen LogP contribution in [0.5, 0.6) is 0 Å².